The lowest BCUT2D eigenvalue weighted by Crippen LogP contribution is -2.29. The van der Waals surface area contributed by atoms with Gasteiger partial charge in [0.25, 0.3) is 0 Å². The number of fused-ring (bicyclic) bond motifs is 1. The summed E-state index contributed by atoms with van der Waals surface area (Å²) in [7, 11) is 0. The molecule has 4 nitrogen and oxygen atoms in total. The number of anilines is 1. The predicted octanol–water partition coefficient (Wildman–Crippen LogP) is 2.94. The lowest BCUT2D eigenvalue weighted by Gasteiger charge is -2.19. The Hall–Kier alpha value is -2.88. The number of nitrogens with two attached hydrogens (primary N) is 1. The summed E-state index contributed by atoms with van der Waals surface area (Å²) >= 11 is 0. The highest BCUT2D eigenvalue weighted by molar-refractivity contribution is 5.92. The second-order valence-electron chi connectivity index (χ2n) is 6.29. The van der Waals surface area contributed by atoms with E-state index in [4.69, 9.17) is 5.73 Å². The van der Waals surface area contributed by atoms with Crippen molar-refractivity contribution >= 4 is 22.5 Å². The molecule has 2 aromatic carbocycles. The second kappa shape index (κ2) is 5.96. The van der Waals surface area contributed by atoms with Crippen LogP contribution in [-0.2, 0) is 4.79 Å². The fourth-order valence-corrected chi connectivity index (χ4v) is 3.66. The van der Waals surface area contributed by atoms with Crippen LogP contribution in [0.15, 0.2) is 66.9 Å². The van der Waals surface area contributed by atoms with E-state index in [1.165, 1.54) is 0 Å². The molecule has 0 bridgehead atoms. The Bertz CT molecular complexity index is 873. The first-order valence-electron chi connectivity index (χ1n) is 8.17. The number of primary amides is 1. The van der Waals surface area contributed by atoms with E-state index in [0.717, 1.165) is 28.7 Å². The number of rotatable bonds is 3. The molecule has 2 atom stereocenters. The first-order valence-corrected chi connectivity index (χ1v) is 8.17. The van der Waals surface area contributed by atoms with Crippen molar-refractivity contribution in [2.45, 2.75) is 5.92 Å². The van der Waals surface area contributed by atoms with E-state index < -0.39 is 0 Å². The molecule has 0 saturated carbocycles. The summed E-state index contributed by atoms with van der Waals surface area (Å²) in [6, 6.07) is 20.3. The monoisotopic (exact) mass is 317 g/mol. The van der Waals surface area contributed by atoms with E-state index in [1.54, 1.807) is 0 Å². The van der Waals surface area contributed by atoms with Gasteiger partial charge in [0.05, 0.1) is 5.92 Å². The zero-order valence-electron chi connectivity index (χ0n) is 13.3. The zero-order chi connectivity index (χ0) is 16.5. The van der Waals surface area contributed by atoms with Crippen molar-refractivity contribution in [3.8, 4) is 0 Å². The average molecular weight is 317 g/mol. The van der Waals surface area contributed by atoms with Crippen molar-refractivity contribution in [3.63, 3.8) is 0 Å². The number of hydrogen-bond donors (Lipinski definition) is 1. The molecule has 4 heteroatoms. The van der Waals surface area contributed by atoms with Gasteiger partial charge in [-0.1, -0.05) is 54.6 Å². The molecule has 1 aliphatic heterocycles. The van der Waals surface area contributed by atoms with Gasteiger partial charge in [-0.15, -0.1) is 0 Å². The third kappa shape index (κ3) is 2.50. The quantitative estimate of drug-likeness (QED) is 0.808. The van der Waals surface area contributed by atoms with Crippen LogP contribution >= 0.6 is 0 Å². The number of pyridine rings is 1. The molecular formula is C20H19N3O. The Kier molecular flexibility index (Phi) is 3.65. The molecule has 0 aliphatic carbocycles. The fraction of sp³-hybridized carbons (Fsp3) is 0.200. The zero-order valence-corrected chi connectivity index (χ0v) is 13.3. The number of hydrogen-bond acceptors (Lipinski definition) is 3. The molecule has 1 fully saturated rings. The number of carbonyl (C=O) groups excluding carboxylic acids is 1. The maximum absolute atomic E-state index is 12.0. The van der Waals surface area contributed by atoms with Crippen LogP contribution in [0.5, 0.6) is 0 Å². The van der Waals surface area contributed by atoms with Gasteiger partial charge in [-0.2, -0.15) is 0 Å². The SMILES string of the molecule is NC(=O)C1CN(c2nccc3ccccc23)CC1c1ccccc1. The van der Waals surface area contributed by atoms with Crippen LogP contribution in [0.3, 0.4) is 0 Å². The summed E-state index contributed by atoms with van der Waals surface area (Å²) in [6.07, 6.45) is 1.83. The Labute approximate surface area is 140 Å². The van der Waals surface area contributed by atoms with Crippen LogP contribution in [0, 0.1) is 5.92 Å². The minimum absolute atomic E-state index is 0.101. The van der Waals surface area contributed by atoms with Crippen LogP contribution in [-0.4, -0.2) is 24.0 Å². The van der Waals surface area contributed by atoms with Gasteiger partial charge in [0.15, 0.2) is 0 Å². The molecule has 0 spiro atoms. The summed E-state index contributed by atoms with van der Waals surface area (Å²) in [4.78, 5) is 18.8. The van der Waals surface area contributed by atoms with Gasteiger partial charge in [-0.3, -0.25) is 4.79 Å². The van der Waals surface area contributed by atoms with Crippen molar-refractivity contribution in [3.05, 3.63) is 72.4 Å². The maximum atomic E-state index is 12.0. The normalized spacial score (nSPS) is 20.4. The van der Waals surface area contributed by atoms with Crippen LogP contribution in [0.1, 0.15) is 11.5 Å². The van der Waals surface area contributed by atoms with Gasteiger partial charge >= 0.3 is 0 Å². The molecule has 120 valence electrons. The van der Waals surface area contributed by atoms with Crippen LogP contribution in [0.4, 0.5) is 5.82 Å². The van der Waals surface area contributed by atoms with E-state index in [2.05, 4.69) is 34.1 Å². The third-order valence-electron chi connectivity index (χ3n) is 4.87. The van der Waals surface area contributed by atoms with Crippen molar-refractivity contribution in [2.75, 3.05) is 18.0 Å². The largest absolute Gasteiger partial charge is 0.369 e. The van der Waals surface area contributed by atoms with Crippen molar-refractivity contribution in [1.82, 2.24) is 4.98 Å². The van der Waals surface area contributed by atoms with Gasteiger partial charge in [0.1, 0.15) is 5.82 Å². The molecule has 24 heavy (non-hydrogen) atoms. The molecule has 0 radical (unpaired) electrons. The first kappa shape index (κ1) is 14.7. The number of benzene rings is 2. The summed E-state index contributed by atoms with van der Waals surface area (Å²) in [5.74, 6) is 0.585. The number of nitrogens with zero attached hydrogens (tertiary/aromatic N) is 2. The average Bonchev–Trinajstić information content (AvgIpc) is 3.07. The van der Waals surface area contributed by atoms with Gasteiger partial charge < -0.3 is 10.6 Å². The molecule has 2 heterocycles. The Morgan fingerprint density at radius 1 is 1.00 bits per heavy atom. The molecule has 2 N–H and O–H groups in total. The van der Waals surface area contributed by atoms with E-state index in [9.17, 15) is 4.79 Å². The molecule has 1 aromatic heterocycles. The lowest BCUT2D eigenvalue weighted by molar-refractivity contribution is -0.121. The van der Waals surface area contributed by atoms with Crippen molar-refractivity contribution in [1.29, 1.82) is 0 Å². The smallest absolute Gasteiger partial charge is 0.223 e. The van der Waals surface area contributed by atoms with Crippen LogP contribution in [0.25, 0.3) is 10.8 Å². The number of carbonyl (C=O) groups is 1. The van der Waals surface area contributed by atoms with Crippen LogP contribution < -0.4 is 10.6 Å². The van der Waals surface area contributed by atoms with E-state index in [1.807, 2.05) is 42.6 Å². The number of aromatic nitrogens is 1. The van der Waals surface area contributed by atoms with Gasteiger partial charge in [0, 0.05) is 30.6 Å². The van der Waals surface area contributed by atoms with E-state index in [-0.39, 0.29) is 17.7 Å². The predicted molar refractivity (Wildman–Crippen MR) is 95.8 cm³/mol. The first-order chi connectivity index (χ1) is 11.7. The Morgan fingerprint density at radius 2 is 1.75 bits per heavy atom. The molecule has 2 unspecified atom stereocenters. The molecular weight excluding hydrogens is 298 g/mol. The molecule has 1 aliphatic rings. The lowest BCUT2D eigenvalue weighted by atomic mass is 9.89. The molecule has 4 rings (SSSR count). The summed E-state index contributed by atoms with van der Waals surface area (Å²) in [6.45, 7) is 1.36. The van der Waals surface area contributed by atoms with Crippen molar-refractivity contribution < 1.29 is 4.79 Å². The third-order valence-corrected chi connectivity index (χ3v) is 4.87. The minimum atomic E-state index is -0.244. The summed E-state index contributed by atoms with van der Waals surface area (Å²) < 4.78 is 0. The summed E-state index contributed by atoms with van der Waals surface area (Å²) in [5.41, 5.74) is 6.85. The van der Waals surface area contributed by atoms with E-state index in [0.29, 0.717) is 6.54 Å². The Morgan fingerprint density at radius 3 is 2.54 bits per heavy atom. The van der Waals surface area contributed by atoms with Crippen LogP contribution in [0.2, 0.25) is 0 Å². The second-order valence-corrected chi connectivity index (χ2v) is 6.29. The van der Waals surface area contributed by atoms with Crippen molar-refractivity contribution in [2.24, 2.45) is 11.7 Å². The Balaban J connectivity index is 1.74. The van der Waals surface area contributed by atoms with Gasteiger partial charge in [0.2, 0.25) is 5.91 Å². The highest BCUT2D eigenvalue weighted by Crippen LogP contribution is 2.36. The highest BCUT2D eigenvalue weighted by Gasteiger charge is 2.38. The highest BCUT2D eigenvalue weighted by atomic mass is 16.1. The fourth-order valence-electron chi connectivity index (χ4n) is 3.66. The minimum Gasteiger partial charge on any atom is -0.369 e. The molecule has 3 aromatic rings. The maximum Gasteiger partial charge on any atom is 0.223 e. The number of amides is 1. The van der Waals surface area contributed by atoms with E-state index >= 15 is 0 Å². The topological polar surface area (TPSA) is 59.2 Å². The molecule has 1 saturated heterocycles. The standard InChI is InChI=1S/C20H19N3O/c21-19(24)18-13-23(12-17(18)14-6-2-1-3-7-14)20-16-9-5-4-8-15(16)10-11-22-20/h1-11,17-18H,12-13H2,(H2,21,24). The van der Waals surface area contributed by atoms with Gasteiger partial charge in [-0.05, 0) is 17.0 Å². The summed E-state index contributed by atoms with van der Waals surface area (Å²) in [5, 5.41) is 2.26. The molecule has 1 amide bonds. The van der Waals surface area contributed by atoms with Gasteiger partial charge in [-0.25, -0.2) is 4.98 Å².